The van der Waals surface area contributed by atoms with Gasteiger partial charge in [0.1, 0.15) is 5.75 Å². The van der Waals surface area contributed by atoms with Gasteiger partial charge in [-0.1, -0.05) is 38.2 Å². The van der Waals surface area contributed by atoms with Crippen molar-refractivity contribution in [3.05, 3.63) is 24.3 Å². The molecule has 4 heteroatoms. The summed E-state index contributed by atoms with van der Waals surface area (Å²) in [5.41, 5.74) is 6.37. The van der Waals surface area contributed by atoms with Crippen molar-refractivity contribution in [2.75, 3.05) is 12.3 Å². The van der Waals surface area contributed by atoms with Crippen molar-refractivity contribution in [3.63, 3.8) is 0 Å². The van der Waals surface area contributed by atoms with Crippen LogP contribution in [0.25, 0.3) is 0 Å². The lowest BCUT2D eigenvalue weighted by Crippen LogP contribution is -1.98. The van der Waals surface area contributed by atoms with Gasteiger partial charge in [-0.3, -0.25) is 0 Å². The highest BCUT2D eigenvalue weighted by Crippen LogP contribution is 2.15. The van der Waals surface area contributed by atoms with Crippen LogP contribution < -0.4 is 10.5 Å². The van der Waals surface area contributed by atoms with Crippen LogP contribution in [0, 0.1) is 0 Å². The molecule has 1 aromatic rings. The quantitative estimate of drug-likeness (QED) is 0.457. The number of nitrogen functional groups attached to an aromatic ring is 1. The number of hydrogen-bond acceptors (Lipinski definition) is 2. The first-order valence-corrected chi connectivity index (χ1v) is 7.45. The molecule has 2 nitrogen and oxygen atoms in total. The van der Waals surface area contributed by atoms with Gasteiger partial charge >= 0.3 is 0 Å². The van der Waals surface area contributed by atoms with Gasteiger partial charge in [-0.25, -0.2) is 8.78 Å². The predicted octanol–water partition coefficient (Wildman–Crippen LogP) is 5.03. The molecule has 114 valence electrons. The number of ether oxygens (including phenoxy) is 1. The van der Waals surface area contributed by atoms with E-state index in [1.54, 1.807) is 0 Å². The van der Waals surface area contributed by atoms with E-state index in [9.17, 15) is 8.78 Å². The van der Waals surface area contributed by atoms with Gasteiger partial charge in [0.05, 0.1) is 6.61 Å². The molecular formula is C16H25F2NO. The van der Waals surface area contributed by atoms with Crippen LogP contribution in [-0.2, 0) is 0 Å². The topological polar surface area (TPSA) is 35.2 Å². The number of halogens is 2. The number of alkyl halides is 2. The summed E-state index contributed by atoms with van der Waals surface area (Å²) in [5.74, 6) is 0.817. The maximum absolute atomic E-state index is 11.9. The summed E-state index contributed by atoms with van der Waals surface area (Å²) in [6.07, 6.45) is 4.95. The van der Waals surface area contributed by atoms with Gasteiger partial charge in [0, 0.05) is 18.2 Å². The van der Waals surface area contributed by atoms with E-state index >= 15 is 0 Å². The zero-order chi connectivity index (χ0) is 14.6. The van der Waals surface area contributed by atoms with Gasteiger partial charge in [0.15, 0.2) is 0 Å². The SMILES string of the molecule is Nc1cccc(OCCCCCCCCCC(F)F)c1. The molecule has 0 aromatic heterocycles. The van der Waals surface area contributed by atoms with Gasteiger partial charge in [0.2, 0.25) is 6.43 Å². The molecule has 0 fully saturated rings. The molecule has 0 saturated carbocycles. The molecule has 0 atom stereocenters. The van der Waals surface area contributed by atoms with Crippen molar-refractivity contribution in [2.24, 2.45) is 0 Å². The Hall–Kier alpha value is -1.32. The van der Waals surface area contributed by atoms with Gasteiger partial charge in [0.25, 0.3) is 0 Å². The minimum atomic E-state index is -2.14. The van der Waals surface area contributed by atoms with Crippen LogP contribution in [0.2, 0.25) is 0 Å². The summed E-state index contributed by atoms with van der Waals surface area (Å²) in [6.45, 7) is 0.703. The lowest BCUT2D eigenvalue weighted by molar-refractivity contribution is 0.133. The number of anilines is 1. The Morgan fingerprint density at radius 1 is 0.950 bits per heavy atom. The third-order valence-electron chi connectivity index (χ3n) is 3.19. The maximum Gasteiger partial charge on any atom is 0.238 e. The van der Waals surface area contributed by atoms with Crippen molar-refractivity contribution in [2.45, 2.75) is 57.8 Å². The first kappa shape index (κ1) is 16.7. The lowest BCUT2D eigenvalue weighted by atomic mass is 10.1. The van der Waals surface area contributed by atoms with E-state index in [-0.39, 0.29) is 6.42 Å². The van der Waals surface area contributed by atoms with E-state index in [0.717, 1.165) is 44.3 Å². The van der Waals surface area contributed by atoms with E-state index in [2.05, 4.69) is 0 Å². The average Bonchev–Trinajstić information content (AvgIpc) is 2.40. The Morgan fingerprint density at radius 3 is 2.25 bits per heavy atom. The number of nitrogens with two attached hydrogens (primary N) is 1. The van der Waals surface area contributed by atoms with Crippen molar-refractivity contribution in [1.82, 2.24) is 0 Å². The van der Waals surface area contributed by atoms with Crippen molar-refractivity contribution >= 4 is 5.69 Å². The molecule has 1 aromatic carbocycles. The molecule has 0 amide bonds. The summed E-state index contributed by atoms with van der Waals surface area (Å²) in [5, 5.41) is 0. The van der Waals surface area contributed by atoms with Crippen molar-refractivity contribution in [1.29, 1.82) is 0 Å². The average molecular weight is 285 g/mol. The van der Waals surface area contributed by atoms with E-state index in [1.807, 2.05) is 24.3 Å². The standard InChI is InChI=1S/C16H25F2NO/c17-16(18)11-6-4-2-1-3-5-7-12-20-15-10-8-9-14(19)13-15/h8-10,13,16H,1-7,11-12,19H2. The molecule has 20 heavy (non-hydrogen) atoms. The fourth-order valence-corrected chi connectivity index (χ4v) is 2.08. The molecule has 0 saturated heterocycles. The molecule has 0 aliphatic heterocycles. The van der Waals surface area contributed by atoms with Gasteiger partial charge in [-0.05, 0) is 25.0 Å². The Morgan fingerprint density at radius 2 is 1.60 bits per heavy atom. The van der Waals surface area contributed by atoms with Crippen LogP contribution in [0.4, 0.5) is 14.5 Å². The van der Waals surface area contributed by atoms with Crippen LogP contribution >= 0.6 is 0 Å². The molecule has 0 aliphatic carbocycles. The smallest absolute Gasteiger partial charge is 0.238 e. The summed E-state index contributed by atoms with van der Waals surface area (Å²) in [6, 6.07) is 7.44. The molecule has 2 N–H and O–H groups in total. The third kappa shape index (κ3) is 8.73. The maximum atomic E-state index is 11.9. The molecule has 0 spiro atoms. The molecule has 0 unspecified atom stereocenters. The Kier molecular flexibility index (Phi) is 8.76. The molecule has 1 rings (SSSR count). The van der Waals surface area contributed by atoms with E-state index in [4.69, 9.17) is 10.5 Å². The fourth-order valence-electron chi connectivity index (χ4n) is 2.08. The first-order valence-electron chi connectivity index (χ1n) is 7.45. The number of unbranched alkanes of at least 4 members (excludes halogenated alkanes) is 6. The second kappa shape index (κ2) is 10.5. The van der Waals surface area contributed by atoms with Crippen LogP contribution in [0.15, 0.2) is 24.3 Å². The third-order valence-corrected chi connectivity index (χ3v) is 3.19. The predicted molar refractivity (Wildman–Crippen MR) is 79.3 cm³/mol. The second-order valence-electron chi connectivity index (χ2n) is 5.08. The Bertz CT molecular complexity index is 358. The van der Waals surface area contributed by atoms with Gasteiger partial charge in [-0.15, -0.1) is 0 Å². The van der Waals surface area contributed by atoms with Gasteiger partial charge < -0.3 is 10.5 Å². The minimum absolute atomic E-state index is 0.0496. The minimum Gasteiger partial charge on any atom is -0.494 e. The summed E-state index contributed by atoms with van der Waals surface area (Å²) in [7, 11) is 0. The van der Waals surface area contributed by atoms with Crippen LogP contribution in [0.3, 0.4) is 0 Å². The van der Waals surface area contributed by atoms with Gasteiger partial charge in [-0.2, -0.15) is 0 Å². The van der Waals surface area contributed by atoms with E-state index in [0.29, 0.717) is 18.7 Å². The largest absolute Gasteiger partial charge is 0.494 e. The summed E-state index contributed by atoms with van der Waals surface area (Å²) in [4.78, 5) is 0. The molecule has 0 aliphatic rings. The van der Waals surface area contributed by atoms with Crippen LogP contribution in [0.5, 0.6) is 5.75 Å². The molecular weight excluding hydrogens is 260 g/mol. The second-order valence-corrected chi connectivity index (χ2v) is 5.08. The highest BCUT2D eigenvalue weighted by atomic mass is 19.3. The van der Waals surface area contributed by atoms with Crippen LogP contribution in [0.1, 0.15) is 51.4 Å². The molecule has 0 radical (unpaired) electrons. The van der Waals surface area contributed by atoms with Crippen LogP contribution in [-0.4, -0.2) is 13.0 Å². The fraction of sp³-hybridized carbons (Fsp3) is 0.625. The highest BCUT2D eigenvalue weighted by Gasteiger charge is 2.00. The normalized spacial score (nSPS) is 10.9. The summed E-state index contributed by atoms with van der Waals surface area (Å²) < 4.78 is 29.4. The number of hydrogen-bond donors (Lipinski definition) is 1. The number of rotatable bonds is 11. The van der Waals surface area contributed by atoms with E-state index < -0.39 is 6.43 Å². The highest BCUT2D eigenvalue weighted by molar-refractivity contribution is 5.43. The zero-order valence-corrected chi connectivity index (χ0v) is 12.0. The van der Waals surface area contributed by atoms with Crippen molar-refractivity contribution < 1.29 is 13.5 Å². The lowest BCUT2D eigenvalue weighted by Gasteiger charge is -2.06. The monoisotopic (exact) mass is 285 g/mol. The van der Waals surface area contributed by atoms with E-state index in [1.165, 1.54) is 0 Å². The molecule has 0 bridgehead atoms. The summed E-state index contributed by atoms with van der Waals surface area (Å²) >= 11 is 0. The van der Waals surface area contributed by atoms with Crippen molar-refractivity contribution in [3.8, 4) is 5.75 Å². The zero-order valence-electron chi connectivity index (χ0n) is 12.0. The Balaban J connectivity index is 1.88. The first-order chi connectivity index (χ1) is 9.68. The Labute approximate surface area is 120 Å². The number of benzene rings is 1. The molecule has 0 heterocycles.